The molecule has 3 aromatic rings. The van der Waals surface area contributed by atoms with Gasteiger partial charge in [0.25, 0.3) is 0 Å². The smallest absolute Gasteiger partial charge is 0.315 e. The zero-order valence-electron chi connectivity index (χ0n) is 13.4. The van der Waals surface area contributed by atoms with Crippen LogP contribution in [0.1, 0.15) is 5.56 Å². The number of para-hydroxylation sites is 2. The van der Waals surface area contributed by atoms with Crippen molar-refractivity contribution < 1.29 is 14.3 Å². The van der Waals surface area contributed by atoms with Crippen molar-refractivity contribution in [1.29, 1.82) is 0 Å². The molecule has 0 atom stereocenters. The molecule has 0 amide bonds. The van der Waals surface area contributed by atoms with E-state index in [1.165, 1.54) is 0 Å². The fourth-order valence-electron chi connectivity index (χ4n) is 2.47. The second kappa shape index (κ2) is 7.47. The topological polar surface area (TPSA) is 35.5 Å². The third-order valence-electron chi connectivity index (χ3n) is 3.70. The molecule has 0 aliphatic carbocycles. The van der Waals surface area contributed by atoms with Crippen molar-refractivity contribution >= 4 is 5.97 Å². The molecule has 0 bridgehead atoms. The van der Waals surface area contributed by atoms with Gasteiger partial charge >= 0.3 is 5.97 Å². The lowest BCUT2D eigenvalue weighted by Gasteiger charge is -2.09. The first kappa shape index (κ1) is 15.8. The Morgan fingerprint density at radius 2 is 1.33 bits per heavy atom. The lowest BCUT2D eigenvalue weighted by molar-refractivity contribution is -0.133. The number of rotatable bonds is 5. The van der Waals surface area contributed by atoms with Crippen molar-refractivity contribution in [3.8, 4) is 22.6 Å². The van der Waals surface area contributed by atoms with Gasteiger partial charge in [0.2, 0.25) is 0 Å². The number of esters is 1. The third kappa shape index (κ3) is 3.82. The fraction of sp³-hybridized carbons (Fsp3) is 0.0952. The maximum atomic E-state index is 12.1. The highest BCUT2D eigenvalue weighted by Gasteiger charge is 2.10. The first-order chi connectivity index (χ1) is 11.8. The van der Waals surface area contributed by atoms with Crippen LogP contribution < -0.4 is 9.47 Å². The molecule has 3 rings (SSSR count). The van der Waals surface area contributed by atoms with Gasteiger partial charge in [0, 0.05) is 0 Å². The van der Waals surface area contributed by atoms with E-state index in [-0.39, 0.29) is 12.4 Å². The van der Waals surface area contributed by atoms with Crippen molar-refractivity contribution in [2.45, 2.75) is 6.42 Å². The van der Waals surface area contributed by atoms with Crippen molar-refractivity contribution in [3.05, 3.63) is 84.4 Å². The summed E-state index contributed by atoms with van der Waals surface area (Å²) in [5, 5.41) is 0. The fourth-order valence-corrected chi connectivity index (χ4v) is 2.47. The summed E-state index contributed by atoms with van der Waals surface area (Å²) in [5.41, 5.74) is 3.19. The maximum Gasteiger partial charge on any atom is 0.315 e. The lowest BCUT2D eigenvalue weighted by Crippen LogP contribution is -2.11. The molecular weight excluding hydrogens is 300 g/mol. The summed E-state index contributed by atoms with van der Waals surface area (Å²) in [6.07, 6.45) is 0.215. The highest BCUT2D eigenvalue weighted by Crippen LogP contribution is 2.26. The second-order valence-corrected chi connectivity index (χ2v) is 5.36. The number of hydrogen-bond acceptors (Lipinski definition) is 3. The van der Waals surface area contributed by atoms with E-state index in [0.29, 0.717) is 11.5 Å². The van der Waals surface area contributed by atoms with Crippen LogP contribution in [0.5, 0.6) is 11.5 Å². The summed E-state index contributed by atoms with van der Waals surface area (Å²) in [7, 11) is 1.55. The predicted molar refractivity (Wildman–Crippen MR) is 94.2 cm³/mol. The van der Waals surface area contributed by atoms with Crippen LogP contribution >= 0.6 is 0 Å². The van der Waals surface area contributed by atoms with E-state index in [0.717, 1.165) is 16.7 Å². The number of methoxy groups -OCH3 is 1. The monoisotopic (exact) mass is 318 g/mol. The summed E-state index contributed by atoms with van der Waals surface area (Å²) in [6, 6.07) is 25.2. The molecule has 120 valence electrons. The minimum atomic E-state index is -0.313. The molecule has 0 saturated carbocycles. The SMILES string of the molecule is COc1ccccc1OC(=O)Cc1ccc(-c2ccccc2)cc1. The Labute approximate surface area is 141 Å². The van der Waals surface area contributed by atoms with Gasteiger partial charge in [-0.25, -0.2) is 0 Å². The Kier molecular flexibility index (Phi) is 4.92. The second-order valence-electron chi connectivity index (χ2n) is 5.36. The highest BCUT2D eigenvalue weighted by atomic mass is 16.6. The standard InChI is InChI=1S/C21H18O3/c1-23-19-9-5-6-10-20(19)24-21(22)15-16-11-13-18(14-12-16)17-7-3-2-4-8-17/h2-14H,15H2,1H3. The molecule has 0 radical (unpaired) electrons. The number of benzene rings is 3. The van der Waals surface area contributed by atoms with Crippen LogP contribution in [-0.2, 0) is 11.2 Å². The van der Waals surface area contributed by atoms with E-state index in [2.05, 4.69) is 12.1 Å². The molecule has 0 spiro atoms. The van der Waals surface area contributed by atoms with Crippen LogP contribution in [0, 0.1) is 0 Å². The van der Waals surface area contributed by atoms with E-state index in [9.17, 15) is 4.79 Å². The average molecular weight is 318 g/mol. The molecule has 3 heteroatoms. The molecular formula is C21H18O3. The van der Waals surface area contributed by atoms with E-state index in [1.807, 2.05) is 48.5 Å². The van der Waals surface area contributed by atoms with Gasteiger partial charge in [0.05, 0.1) is 13.5 Å². The Balaban J connectivity index is 1.67. The van der Waals surface area contributed by atoms with Crippen LogP contribution in [0.3, 0.4) is 0 Å². The molecule has 0 heterocycles. The Bertz CT molecular complexity index is 808. The van der Waals surface area contributed by atoms with Crippen LogP contribution in [0.4, 0.5) is 0 Å². The van der Waals surface area contributed by atoms with Crippen molar-refractivity contribution in [1.82, 2.24) is 0 Å². The molecule has 3 aromatic carbocycles. The number of ether oxygens (including phenoxy) is 2. The number of carbonyl (C=O) groups excluding carboxylic acids is 1. The van der Waals surface area contributed by atoms with Gasteiger partial charge in [-0.1, -0.05) is 66.7 Å². The van der Waals surface area contributed by atoms with Crippen LogP contribution in [0.15, 0.2) is 78.9 Å². The van der Waals surface area contributed by atoms with Crippen molar-refractivity contribution in [2.24, 2.45) is 0 Å². The predicted octanol–water partition coefficient (Wildman–Crippen LogP) is 4.51. The molecule has 0 aromatic heterocycles. The number of carbonyl (C=O) groups is 1. The third-order valence-corrected chi connectivity index (χ3v) is 3.70. The molecule has 0 saturated heterocycles. The largest absolute Gasteiger partial charge is 0.493 e. The minimum Gasteiger partial charge on any atom is -0.493 e. The Hall–Kier alpha value is -3.07. The van der Waals surface area contributed by atoms with Crippen LogP contribution in [-0.4, -0.2) is 13.1 Å². The summed E-state index contributed by atoms with van der Waals surface area (Å²) < 4.78 is 10.6. The number of hydrogen-bond donors (Lipinski definition) is 0. The van der Waals surface area contributed by atoms with E-state index in [4.69, 9.17) is 9.47 Å². The minimum absolute atomic E-state index is 0.215. The summed E-state index contributed by atoms with van der Waals surface area (Å²) in [4.78, 5) is 12.1. The van der Waals surface area contributed by atoms with Gasteiger partial charge in [-0.2, -0.15) is 0 Å². The van der Waals surface area contributed by atoms with Gasteiger partial charge in [0.15, 0.2) is 11.5 Å². The molecule has 0 unspecified atom stereocenters. The molecule has 24 heavy (non-hydrogen) atoms. The van der Waals surface area contributed by atoms with Gasteiger partial charge in [-0.15, -0.1) is 0 Å². The highest BCUT2D eigenvalue weighted by molar-refractivity contribution is 5.76. The molecule has 0 aliphatic heterocycles. The van der Waals surface area contributed by atoms with Crippen molar-refractivity contribution in [3.63, 3.8) is 0 Å². The van der Waals surface area contributed by atoms with E-state index < -0.39 is 0 Å². The zero-order valence-corrected chi connectivity index (χ0v) is 13.4. The van der Waals surface area contributed by atoms with Gasteiger partial charge in [-0.05, 0) is 28.8 Å². The van der Waals surface area contributed by atoms with Gasteiger partial charge in [-0.3, -0.25) is 4.79 Å². The Morgan fingerprint density at radius 1 is 0.750 bits per heavy atom. The average Bonchev–Trinajstić information content (AvgIpc) is 2.63. The lowest BCUT2D eigenvalue weighted by atomic mass is 10.0. The van der Waals surface area contributed by atoms with Crippen LogP contribution in [0.2, 0.25) is 0 Å². The molecule has 3 nitrogen and oxygen atoms in total. The first-order valence-corrected chi connectivity index (χ1v) is 7.74. The van der Waals surface area contributed by atoms with Gasteiger partial charge < -0.3 is 9.47 Å². The summed E-state index contributed by atoms with van der Waals surface area (Å²) >= 11 is 0. The van der Waals surface area contributed by atoms with Gasteiger partial charge in [0.1, 0.15) is 0 Å². The molecule has 0 aliphatic rings. The molecule has 0 N–H and O–H groups in total. The summed E-state index contributed by atoms with van der Waals surface area (Å²) in [5.74, 6) is 0.670. The first-order valence-electron chi connectivity index (χ1n) is 7.74. The van der Waals surface area contributed by atoms with Crippen molar-refractivity contribution in [2.75, 3.05) is 7.11 Å². The maximum absolute atomic E-state index is 12.1. The quantitative estimate of drug-likeness (QED) is 0.513. The summed E-state index contributed by atoms with van der Waals surface area (Å²) in [6.45, 7) is 0. The van der Waals surface area contributed by atoms with E-state index >= 15 is 0 Å². The van der Waals surface area contributed by atoms with Crippen LogP contribution in [0.25, 0.3) is 11.1 Å². The Morgan fingerprint density at radius 3 is 2.00 bits per heavy atom. The normalized spacial score (nSPS) is 10.2. The zero-order chi connectivity index (χ0) is 16.8. The van der Waals surface area contributed by atoms with E-state index in [1.54, 1.807) is 25.3 Å². The molecule has 0 fully saturated rings.